The van der Waals surface area contributed by atoms with Crippen LogP contribution in [0.2, 0.25) is 5.02 Å². The van der Waals surface area contributed by atoms with Crippen molar-refractivity contribution in [2.75, 3.05) is 16.2 Å². The Morgan fingerprint density at radius 2 is 1.92 bits per heavy atom. The maximum atomic E-state index is 12.6. The van der Waals surface area contributed by atoms with Crippen LogP contribution in [0.3, 0.4) is 0 Å². The van der Waals surface area contributed by atoms with E-state index in [0.717, 1.165) is 24.1 Å². The Morgan fingerprint density at radius 1 is 1.16 bits per heavy atom. The van der Waals surface area contributed by atoms with Crippen molar-refractivity contribution in [2.24, 2.45) is 5.92 Å². The second-order valence-electron chi connectivity index (χ2n) is 6.39. The average Bonchev–Trinajstić information content (AvgIpc) is 3.35. The first kappa shape index (κ1) is 16.4. The van der Waals surface area contributed by atoms with Crippen LogP contribution in [0.15, 0.2) is 47.4 Å². The molecule has 4 rings (SSSR count). The van der Waals surface area contributed by atoms with E-state index >= 15 is 0 Å². The van der Waals surface area contributed by atoms with Gasteiger partial charge in [0.25, 0.3) is 10.0 Å². The van der Waals surface area contributed by atoms with Crippen LogP contribution in [0.1, 0.15) is 18.4 Å². The summed E-state index contributed by atoms with van der Waals surface area (Å²) in [5.41, 5.74) is 2.06. The molecule has 1 amide bonds. The molecule has 0 saturated heterocycles. The highest BCUT2D eigenvalue weighted by Gasteiger charge is 2.36. The molecule has 0 bridgehead atoms. The molecule has 25 heavy (non-hydrogen) atoms. The normalized spacial score (nSPS) is 16.6. The number of carbonyl (C=O) groups excluding carboxylic acids is 1. The van der Waals surface area contributed by atoms with E-state index in [0.29, 0.717) is 23.7 Å². The zero-order chi connectivity index (χ0) is 17.6. The summed E-state index contributed by atoms with van der Waals surface area (Å²) in [5.74, 6) is 0.305. The fraction of sp³-hybridized carbons (Fsp3) is 0.278. The number of para-hydroxylation sites is 1. The first-order valence-electron chi connectivity index (χ1n) is 8.17. The first-order valence-corrected chi connectivity index (χ1v) is 10.0. The smallest absolute Gasteiger partial charge is 0.261 e. The molecule has 1 heterocycles. The lowest BCUT2D eigenvalue weighted by Gasteiger charge is -2.17. The van der Waals surface area contributed by atoms with Gasteiger partial charge in [-0.1, -0.05) is 23.7 Å². The van der Waals surface area contributed by atoms with Crippen molar-refractivity contribution in [1.29, 1.82) is 0 Å². The topological polar surface area (TPSA) is 66.5 Å². The van der Waals surface area contributed by atoms with Crippen LogP contribution in [0.4, 0.5) is 11.4 Å². The van der Waals surface area contributed by atoms with E-state index in [-0.39, 0.29) is 16.7 Å². The highest BCUT2D eigenvalue weighted by atomic mass is 35.5. The number of benzene rings is 2. The molecular formula is C18H17ClN2O3S. The predicted octanol–water partition coefficient (Wildman–Crippen LogP) is 3.44. The van der Waals surface area contributed by atoms with Gasteiger partial charge in [-0.05, 0) is 55.2 Å². The van der Waals surface area contributed by atoms with Gasteiger partial charge in [-0.2, -0.15) is 0 Å². The number of halogens is 1. The highest BCUT2D eigenvalue weighted by molar-refractivity contribution is 7.92. The summed E-state index contributed by atoms with van der Waals surface area (Å²) in [7, 11) is -3.74. The third-order valence-corrected chi connectivity index (χ3v) is 6.26. The fourth-order valence-corrected chi connectivity index (χ4v) is 4.44. The van der Waals surface area contributed by atoms with E-state index in [1.165, 1.54) is 6.07 Å². The highest BCUT2D eigenvalue weighted by Crippen LogP contribution is 2.37. The third kappa shape index (κ3) is 3.12. The van der Waals surface area contributed by atoms with Gasteiger partial charge >= 0.3 is 0 Å². The first-order chi connectivity index (χ1) is 12.0. The van der Waals surface area contributed by atoms with Crippen LogP contribution in [-0.4, -0.2) is 20.9 Å². The molecule has 2 aliphatic rings. The molecular weight excluding hydrogens is 360 g/mol. The molecule has 2 aromatic carbocycles. The van der Waals surface area contributed by atoms with Crippen LogP contribution >= 0.6 is 11.6 Å². The number of nitrogens with one attached hydrogen (secondary N) is 1. The molecule has 130 valence electrons. The Kier molecular flexibility index (Phi) is 3.96. The van der Waals surface area contributed by atoms with Gasteiger partial charge < -0.3 is 4.90 Å². The molecule has 0 radical (unpaired) electrons. The van der Waals surface area contributed by atoms with Crippen molar-refractivity contribution in [3.8, 4) is 0 Å². The summed E-state index contributed by atoms with van der Waals surface area (Å²) < 4.78 is 27.8. The molecule has 7 heteroatoms. The van der Waals surface area contributed by atoms with Crippen LogP contribution in [-0.2, 0) is 21.2 Å². The molecule has 0 atom stereocenters. The van der Waals surface area contributed by atoms with E-state index in [4.69, 9.17) is 11.6 Å². The number of rotatable bonds is 4. The van der Waals surface area contributed by atoms with Gasteiger partial charge in [-0.15, -0.1) is 0 Å². The number of fused-ring (bicyclic) bond motifs is 1. The number of carbonyl (C=O) groups is 1. The lowest BCUT2D eigenvalue weighted by molar-refractivity contribution is -0.119. The summed E-state index contributed by atoms with van der Waals surface area (Å²) in [6.07, 6.45) is 2.58. The zero-order valence-corrected chi connectivity index (χ0v) is 15.0. The van der Waals surface area contributed by atoms with Crippen LogP contribution in [0, 0.1) is 5.92 Å². The van der Waals surface area contributed by atoms with Gasteiger partial charge in [-0.25, -0.2) is 8.42 Å². The Hall–Kier alpha value is -2.05. The van der Waals surface area contributed by atoms with E-state index < -0.39 is 10.0 Å². The number of hydrogen-bond donors (Lipinski definition) is 1. The Morgan fingerprint density at radius 3 is 2.64 bits per heavy atom. The number of sulfonamides is 1. The Labute approximate surface area is 151 Å². The fourth-order valence-electron chi connectivity index (χ4n) is 3.07. The molecule has 0 spiro atoms. The van der Waals surface area contributed by atoms with Crippen LogP contribution in [0.5, 0.6) is 0 Å². The second kappa shape index (κ2) is 6.04. The third-order valence-electron chi connectivity index (χ3n) is 4.57. The van der Waals surface area contributed by atoms with Crippen molar-refractivity contribution in [1.82, 2.24) is 0 Å². The number of hydrogen-bond acceptors (Lipinski definition) is 3. The van der Waals surface area contributed by atoms with Crippen molar-refractivity contribution in [2.45, 2.75) is 24.2 Å². The van der Waals surface area contributed by atoms with Gasteiger partial charge in [0.05, 0.1) is 15.6 Å². The van der Waals surface area contributed by atoms with E-state index in [2.05, 4.69) is 4.72 Å². The number of anilines is 2. The monoisotopic (exact) mass is 376 g/mol. The average molecular weight is 377 g/mol. The molecule has 0 unspecified atom stereocenters. The Balaban J connectivity index is 1.61. The molecule has 1 N–H and O–H groups in total. The van der Waals surface area contributed by atoms with Gasteiger partial charge in [0.1, 0.15) is 0 Å². The quantitative estimate of drug-likeness (QED) is 0.888. The SMILES string of the molecule is O=C(C1CC1)N1CCc2cc(S(=O)(=O)Nc3ccccc3Cl)ccc21. The van der Waals surface area contributed by atoms with Crippen LogP contribution in [0.25, 0.3) is 0 Å². The summed E-state index contributed by atoms with van der Waals surface area (Å²) >= 11 is 6.03. The summed E-state index contributed by atoms with van der Waals surface area (Å²) in [4.78, 5) is 14.3. The van der Waals surface area contributed by atoms with Gasteiger partial charge in [-0.3, -0.25) is 9.52 Å². The number of amides is 1. The van der Waals surface area contributed by atoms with E-state index in [9.17, 15) is 13.2 Å². The summed E-state index contributed by atoms with van der Waals surface area (Å²) in [5, 5.41) is 0.341. The summed E-state index contributed by atoms with van der Waals surface area (Å²) in [6, 6.07) is 11.6. The van der Waals surface area contributed by atoms with Crippen molar-refractivity contribution >= 4 is 38.9 Å². The Bertz CT molecular complexity index is 955. The zero-order valence-electron chi connectivity index (χ0n) is 13.4. The standard InChI is InChI=1S/C18H17ClN2O3S/c19-15-3-1-2-4-16(15)20-25(23,24)14-7-8-17-13(11-14)9-10-21(17)18(22)12-5-6-12/h1-4,7-8,11-12,20H,5-6,9-10H2. The minimum atomic E-state index is -3.74. The lowest BCUT2D eigenvalue weighted by atomic mass is 10.2. The van der Waals surface area contributed by atoms with Crippen molar-refractivity contribution in [3.63, 3.8) is 0 Å². The molecule has 1 aliphatic heterocycles. The van der Waals surface area contributed by atoms with E-state index in [1.54, 1.807) is 41.3 Å². The molecule has 1 saturated carbocycles. The summed E-state index contributed by atoms with van der Waals surface area (Å²) in [6.45, 7) is 0.617. The lowest BCUT2D eigenvalue weighted by Crippen LogP contribution is -2.30. The van der Waals surface area contributed by atoms with Gasteiger partial charge in [0.15, 0.2) is 0 Å². The maximum Gasteiger partial charge on any atom is 0.261 e. The van der Waals surface area contributed by atoms with Crippen molar-refractivity contribution in [3.05, 3.63) is 53.1 Å². The van der Waals surface area contributed by atoms with Crippen LogP contribution < -0.4 is 9.62 Å². The largest absolute Gasteiger partial charge is 0.312 e. The second-order valence-corrected chi connectivity index (χ2v) is 8.48. The molecule has 1 fully saturated rings. The molecule has 2 aromatic rings. The molecule has 1 aliphatic carbocycles. The van der Waals surface area contributed by atoms with E-state index in [1.807, 2.05) is 0 Å². The van der Waals surface area contributed by atoms with Gasteiger partial charge in [0, 0.05) is 18.2 Å². The predicted molar refractivity (Wildman–Crippen MR) is 97.5 cm³/mol. The molecule has 0 aromatic heterocycles. The molecule has 5 nitrogen and oxygen atoms in total. The minimum Gasteiger partial charge on any atom is -0.312 e. The minimum absolute atomic E-state index is 0.149. The van der Waals surface area contributed by atoms with Gasteiger partial charge in [0.2, 0.25) is 5.91 Å². The number of nitrogens with zero attached hydrogens (tertiary/aromatic N) is 1. The van der Waals surface area contributed by atoms with Crippen molar-refractivity contribution < 1.29 is 13.2 Å². The maximum absolute atomic E-state index is 12.6.